The van der Waals surface area contributed by atoms with Gasteiger partial charge in [-0.15, -0.1) is 0 Å². The van der Waals surface area contributed by atoms with E-state index in [-0.39, 0.29) is 30.1 Å². The number of nitrogens with one attached hydrogen (secondary N) is 1. The minimum atomic E-state index is -0.562. The smallest absolute Gasteiger partial charge is 0.245 e. The first-order valence-electron chi connectivity index (χ1n) is 7.24. The lowest BCUT2D eigenvalue weighted by Gasteiger charge is -2.38. The zero-order chi connectivity index (χ0) is 15.6. The Morgan fingerprint density at radius 1 is 1.29 bits per heavy atom. The molecule has 0 radical (unpaired) electrons. The summed E-state index contributed by atoms with van der Waals surface area (Å²) >= 11 is 0. The van der Waals surface area contributed by atoms with Crippen molar-refractivity contribution in [3.05, 3.63) is 35.6 Å². The van der Waals surface area contributed by atoms with Crippen LogP contribution in [0.15, 0.2) is 24.3 Å². The standard InChI is InChI=1S/C16H21FN2O2/c1-10(2)8-14-15(20)18-11(3)16(21)19(14)9-12-6-4-5-7-13(12)17/h4-7,10-11,14H,8-9H2,1-3H3,(H,18,20). The second kappa shape index (κ2) is 6.24. The van der Waals surface area contributed by atoms with Gasteiger partial charge in [0.15, 0.2) is 0 Å². The van der Waals surface area contributed by atoms with Crippen LogP contribution in [0.4, 0.5) is 4.39 Å². The highest BCUT2D eigenvalue weighted by Gasteiger charge is 2.38. The lowest BCUT2D eigenvalue weighted by atomic mass is 9.97. The predicted molar refractivity (Wildman–Crippen MR) is 77.8 cm³/mol. The molecular formula is C16H21FN2O2. The first-order chi connectivity index (χ1) is 9.90. The normalized spacial score (nSPS) is 22.6. The molecule has 4 nitrogen and oxygen atoms in total. The topological polar surface area (TPSA) is 49.4 Å². The summed E-state index contributed by atoms with van der Waals surface area (Å²) in [6, 6.07) is 5.25. The summed E-state index contributed by atoms with van der Waals surface area (Å²) in [5, 5.41) is 2.69. The number of amides is 2. The van der Waals surface area contributed by atoms with Gasteiger partial charge in [0.2, 0.25) is 11.8 Å². The Balaban J connectivity index is 2.27. The number of piperazine rings is 1. The predicted octanol–water partition coefficient (Wildman–Crippen LogP) is 2.09. The van der Waals surface area contributed by atoms with E-state index in [2.05, 4.69) is 5.32 Å². The van der Waals surface area contributed by atoms with Crippen molar-refractivity contribution in [2.45, 2.75) is 45.8 Å². The van der Waals surface area contributed by atoms with Crippen molar-refractivity contribution >= 4 is 11.8 Å². The Hall–Kier alpha value is -1.91. The van der Waals surface area contributed by atoms with Crippen LogP contribution in [0, 0.1) is 11.7 Å². The van der Waals surface area contributed by atoms with Crippen molar-refractivity contribution in [2.24, 2.45) is 5.92 Å². The minimum Gasteiger partial charge on any atom is -0.343 e. The fourth-order valence-corrected chi connectivity index (χ4v) is 2.59. The molecule has 0 saturated carbocycles. The van der Waals surface area contributed by atoms with Crippen molar-refractivity contribution in [3.8, 4) is 0 Å². The number of carbonyl (C=O) groups excluding carboxylic acids is 2. The number of rotatable bonds is 4. The molecule has 2 amide bonds. The highest BCUT2D eigenvalue weighted by atomic mass is 19.1. The zero-order valence-corrected chi connectivity index (χ0v) is 12.6. The molecular weight excluding hydrogens is 271 g/mol. The van der Waals surface area contributed by atoms with Crippen LogP contribution in [0.1, 0.15) is 32.8 Å². The van der Waals surface area contributed by atoms with Gasteiger partial charge in [-0.05, 0) is 25.3 Å². The molecule has 1 aromatic carbocycles. The van der Waals surface area contributed by atoms with Gasteiger partial charge in [0.1, 0.15) is 17.9 Å². The molecule has 21 heavy (non-hydrogen) atoms. The highest BCUT2D eigenvalue weighted by molar-refractivity contribution is 5.96. The van der Waals surface area contributed by atoms with Gasteiger partial charge < -0.3 is 10.2 Å². The molecule has 0 aliphatic carbocycles. The van der Waals surface area contributed by atoms with Crippen molar-refractivity contribution in [2.75, 3.05) is 0 Å². The second-order valence-electron chi connectivity index (χ2n) is 5.93. The molecule has 2 atom stereocenters. The maximum atomic E-state index is 13.8. The van der Waals surface area contributed by atoms with Crippen molar-refractivity contribution in [1.29, 1.82) is 0 Å². The van der Waals surface area contributed by atoms with Crippen LogP contribution in [0.2, 0.25) is 0 Å². The number of carbonyl (C=O) groups is 2. The molecule has 1 aromatic rings. The number of benzene rings is 1. The maximum Gasteiger partial charge on any atom is 0.245 e. The Kier molecular flexibility index (Phi) is 4.60. The van der Waals surface area contributed by atoms with Crippen molar-refractivity contribution in [3.63, 3.8) is 0 Å². The van der Waals surface area contributed by atoms with Gasteiger partial charge in [-0.3, -0.25) is 9.59 Å². The van der Waals surface area contributed by atoms with Crippen LogP contribution >= 0.6 is 0 Å². The van der Waals surface area contributed by atoms with Crippen molar-refractivity contribution in [1.82, 2.24) is 10.2 Å². The van der Waals surface area contributed by atoms with Crippen LogP contribution in [0.5, 0.6) is 0 Å². The molecule has 1 heterocycles. The number of hydrogen-bond acceptors (Lipinski definition) is 2. The minimum absolute atomic E-state index is 0.126. The molecule has 1 N–H and O–H groups in total. The second-order valence-corrected chi connectivity index (χ2v) is 5.93. The van der Waals surface area contributed by atoms with Crippen LogP contribution in [-0.4, -0.2) is 28.8 Å². The number of halogens is 1. The zero-order valence-electron chi connectivity index (χ0n) is 12.6. The monoisotopic (exact) mass is 292 g/mol. The fourth-order valence-electron chi connectivity index (χ4n) is 2.59. The lowest BCUT2D eigenvalue weighted by Crippen LogP contribution is -2.62. The molecule has 2 unspecified atom stereocenters. The summed E-state index contributed by atoms with van der Waals surface area (Å²) in [7, 11) is 0. The van der Waals surface area contributed by atoms with Gasteiger partial charge >= 0.3 is 0 Å². The average molecular weight is 292 g/mol. The SMILES string of the molecule is CC(C)CC1C(=O)NC(C)C(=O)N1Cc1ccccc1F. The molecule has 1 aliphatic heterocycles. The van der Waals surface area contributed by atoms with E-state index in [1.807, 2.05) is 13.8 Å². The van der Waals surface area contributed by atoms with E-state index in [1.165, 1.54) is 11.0 Å². The van der Waals surface area contributed by atoms with E-state index < -0.39 is 12.1 Å². The van der Waals surface area contributed by atoms with Gasteiger partial charge in [0.05, 0.1) is 0 Å². The summed E-state index contributed by atoms with van der Waals surface area (Å²) in [5.41, 5.74) is 0.432. The van der Waals surface area contributed by atoms with Gasteiger partial charge in [-0.1, -0.05) is 32.0 Å². The first-order valence-corrected chi connectivity index (χ1v) is 7.24. The molecule has 1 aliphatic rings. The number of nitrogens with zero attached hydrogens (tertiary/aromatic N) is 1. The summed E-state index contributed by atoms with van der Waals surface area (Å²) in [5.74, 6) is -0.409. The van der Waals surface area contributed by atoms with Crippen molar-refractivity contribution < 1.29 is 14.0 Å². The lowest BCUT2D eigenvalue weighted by molar-refractivity contribution is -0.150. The molecule has 1 fully saturated rings. The summed E-state index contributed by atoms with van der Waals surface area (Å²) in [4.78, 5) is 26.0. The van der Waals surface area contributed by atoms with E-state index in [1.54, 1.807) is 25.1 Å². The van der Waals surface area contributed by atoms with Gasteiger partial charge in [-0.2, -0.15) is 0 Å². The Morgan fingerprint density at radius 3 is 2.57 bits per heavy atom. The van der Waals surface area contributed by atoms with Gasteiger partial charge in [0, 0.05) is 12.1 Å². The van der Waals surface area contributed by atoms with E-state index in [9.17, 15) is 14.0 Å². The van der Waals surface area contributed by atoms with Crippen LogP contribution in [-0.2, 0) is 16.1 Å². The van der Waals surface area contributed by atoms with E-state index in [0.717, 1.165) is 0 Å². The summed E-state index contributed by atoms with van der Waals surface area (Å²) in [6.07, 6.45) is 0.568. The third-order valence-corrected chi connectivity index (χ3v) is 3.68. The largest absolute Gasteiger partial charge is 0.343 e. The Bertz CT molecular complexity index is 545. The molecule has 1 saturated heterocycles. The van der Waals surface area contributed by atoms with Crippen LogP contribution in [0.3, 0.4) is 0 Å². The first kappa shape index (κ1) is 15.5. The fraction of sp³-hybridized carbons (Fsp3) is 0.500. The molecule has 0 aromatic heterocycles. The summed E-state index contributed by atoms with van der Waals surface area (Å²) in [6.45, 7) is 5.77. The molecule has 0 spiro atoms. The van der Waals surface area contributed by atoms with Gasteiger partial charge in [-0.25, -0.2) is 4.39 Å². The quantitative estimate of drug-likeness (QED) is 0.924. The Labute approximate surface area is 124 Å². The average Bonchev–Trinajstić information content (AvgIpc) is 2.42. The molecule has 0 bridgehead atoms. The van der Waals surface area contributed by atoms with Gasteiger partial charge in [0.25, 0.3) is 0 Å². The Morgan fingerprint density at radius 2 is 1.95 bits per heavy atom. The summed E-state index contributed by atoms with van der Waals surface area (Å²) < 4.78 is 13.8. The maximum absolute atomic E-state index is 13.8. The third-order valence-electron chi connectivity index (χ3n) is 3.68. The highest BCUT2D eigenvalue weighted by Crippen LogP contribution is 2.21. The molecule has 114 valence electrons. The van der Waals surface area contributed by atoms with E-state index in [0.29, 0.717) is 12.0 Å². The molecule has 2 rings (SSSR count). The van der Waals surface area contributed by atoms with E-state index in [4.69, 9.17) is 0 Å². The van der Waals surface area contributed by atoms with E-state index >= 15 is 0 Å². The molecule has 5 heteroatoms. The van der Waals surface area contributed by atoms with Crippen LogP contribution < -0.4 is 5.32 Å². The number of hydrogen-bond donors (Lipinski definition) is 1. The third kappa shape index (κ3) is 3.40. The van der Waals surface area contributed by atoms with Crippen LogP contribution in [0.25, 0.3) is 0 Å².